The summed E-state index contributed by atoms with van der Waals surface area (Å²) in [6, 6.07) is 16.0. The zero-order valence-electron chi connectivity index (χ0n) is 12.5. The fourth-order valence-corrected chi connectivity index (χ4v) is 2.51. The van der Waals surface area contributed by atoms with Gasteiger partial charge in [0.15, 0.2) is 0 Å². The van der Waals surface area contributed by atoms with Gasteiger partial charge in [-0.25, -0.2) is 4.68 Å². The van der Waals surface area contributed by atoms with E-state index < -0.39 is 0 Å². The highest BCUT2D eigenvalue weighted by Gasteiger charge is 2.14. The molecule has 3 aromatic rings. The van der Waals surface area contributed by atoms with Crippen LogP contribution in [0.3, 0.4) is 0 Å². The fraction of sp³-hybridized carbons (Fsp3) is 0.167. The van der Waals surface area contributed by atoms with Gasteiger partial charge in [-0.05, 0) is 38.5 Å². The Morgan fingerprint density at radius 3 is 2.24 bits per heavy atom. The molecular formula is C18H18N2O. The second-order valence-electron chi connectivity index (χ2n) is 5.40. The van der Waals surface area contributed by atoms with Gasteiger partial charge >= 0.3 is 0 Å². The van der Waals surface area contributed by atoms with Gasteiger partial charge in [0.2, 0.25) is 0 Å². The van der Waals surface area contributed by atoms with Gasteiger partial charge in [-0.2, -0.15) is 0 Å². The minimum Gasteiger partial charge on any atom is -0.290 e. The third-order valence-electron chi connectivity index (χ3n) is 3.83. The van der Waals surface area contributed by atoms with Crippen LogP contribution in [0.2, 0.25) is 0 Å². The quantitative estimate of drug-likeness (QED) is 0.761. The van der Waals surface area contributed by atoms with Crippen LogP contribution in [-0.2, 0) is 0 Å². The molecule has 0 atom stereocenters. The van der Waals surface area contributed by atoms with Crippen LogP contribution in [0, 0.1) is 20.8 Å². The number of nitrogens with one attached hydrogen (secondary N) is 1. The number of aryl methyl sites for hydroxylation is 2. The second kappa shape index (κ2) is 5.09. The monoisotopic (exact) mass is 278 g/mol. The van der Waals surface area contributed by atoms with Crippen molar-refractivity contribution in [1.82, 2.24) is 9.78 Å². The number of aromatic amines is 1. The standard InChI is InChI=1S/C18H18N2O/c1-12-8-10-15(11-9-12)20-18(21)14(3)17(19-20)16-7-5-4-6-13(16)2/h4-11,19H,1-3H3. The SMILES string of the molecule is Cc1ccc(-n2[nH]c(-c3ccccc3C)c(C)c2=O)cc1. The number of benzene rings is 2. The maximum absolute atomic E-state index is 12.5. The molecule has 1 aromatic heterocycles. The Balaban J connectivity index is 2.19. The molecule has 0 saturated heterocycles. The first-order chi connectivity index (χ1) is 10.1. The van der Waals surface area contributed by atoms with Crippen LogP contribution >= 0.6 is 0 Å². The van der Waals surface area contributed by atoms with Gasteiger partial charge < -0.3 is 0 Å². The second-order valence-corrected chi connectivity index (χ2v) is 5.40. The zero-order chi connectivity index (χ0) is 15.0. The molecule has 0 unspecified atom stereocenters. The van der Waals surface area contributed by atoms with Crippen LogP contribution in [0.1, 0.15) is 16.7 Å². The van der Waals surface area contributed by atoms with Crippen molar-refractivity contribution in [3.05, 3.63) is 75.6 Å². The van der Waals surface area contributed by atoms with Crippen LogP contribution in [0.5, 0.6) is 0 Å². The van der Waals surface area contributed by atoms with Gasteiger partial charge in [0, 0.05) is 11.1 Å². The molecule has 3 heteroatoms. The van der Waals surface area contributed by atoms with Crippen LogP contribution < -0.4 is 5.56 Å². The van der Waals surface area contributed by atoms with Gasteiger partial charge in [-0.15, -0.1) is 0 Å². The van der Waals surface area contributed by atoms with Crippen molar-refractivity contribution in [3.63, 3.8) is 0 Å². The summed E-state index contributed by atoms with van der Waals surface area (Å²) >= 11 is 0. The smallest absolute Gasteiger partial charge is 0.274 e. The number of rotatable bonds is 2. The van der Waals surface area contributed by atoms with Gasteiger partial charge in [-0.1, -0.05) is 42.0 Å². The summed E-state index contributed by atoms with van der Waals surface area (Å²) in [6.07, 6.45) is 0. The summed E-state index contributed by atoms with van der Waals surface area (Å²) in [6.45, 7) is 5.95. The van der Waals surface area contributed by atoms with Crippen LogP contribution in [0.15, 0.2) is 53.3 Å². The first-order valence-corrected chi connectivity index (χ1v) is 7.02. The number of aromatic nitrogens is 2. The van der Waals surface area contributed by atoms with Gasteiger partial charge in [0.1, 0.15) is 0 Å². The van der Waals surface area contributed by atoms with Crippen molar-refractivity contribution in [2.24, 2.45) is 0 Å². The molecule has 0 amide bonds. The number of nitrogens with zero attached hydrogens (tertiary/aromatic N) is 1. The molecule has 0 radical (unpaired) electrons. The molecule has 0 aliphatic carbocycles. The van der Waals surface area contributed by atoms with E-state index in [2.05, 4.69) is 18.1 Å². The summed E-state index contributed by atoms with van der Waals surface area (Å²) in [5.41, 5.74) is 5.87. The predicted octanol–water partition coefficient (Wildman–Crippen LogP) is 3.76. The third-order valence-corrected chi connectivity index (χ3v) is 3.83. The van der Waals surface area contributed by atoms with E-state index in [0.717, 1.165) is 28.1 Å². The van der Waals surface area contributed by atoms with Crippen LogP contribution in [0.25, 0.3) is 16.9 Å². The van der Waals surface area contributed by atoms with E-state index in [1.54, 1.807) is 4.68 Å². The summed E-state index contributed by atoms with van der Waals surface area (Å²) < 4.78 is 1.61. The van der Waals surface area contributed by atoms with E-state index in [1.165, 1.54) is 5.56 Å². The maximum atomic E-state index is 12.5. The lowest BCUT2D eigenvalue weighted by Crippen LogP contribution is -2.15. The Morgan fingerprint density at radius 2 is 1.57 bits per heavy atom. The molecule has 0 aliphatic heterocycles. The first-order valence-electron chi connectivity index (χ1n) is 7.02. The van der Waals surface area contributed by atoms with Crippen molar-refractivity contribution < 1.29 is 0 Å². The molecule has 3 rings (SSSR count). The Hall–Kier alpha value is -2.55. The lowest BCUT2D eigenvalue weighted by Gasteiger charge is -2.05. The average Bonchev–Trinajstić information content (AvgIpc) is 2.77. The van der Waals surface area contributed by atoms with E-state index in [0.29, 0.717) is 0 Å². The van der Waals surface area contributed by atoms with Gasteiger partial charge in [0.25, 0.3) is 5.56 Å². The number of hydrogen-bond donors (Lipinski definition) is 1. The Bertz CT molecular complexity index is 838. The Morgan fingerprint density at radius 1 is 0.905 bits per heavy atom. The normalized spacial score (nSPS) is 10.8. The Labute approximate surface area is 123 Å². The predicted molar refractivity (Wildman–Crippen MR) is 86.0 cm³/mol. The van der Waals surface area contributed by atoms with E-state index in [9.17, 15) is 4.79 Å². The lowest BCUT2D eigenvalue weighted by molar-refractivity contribution is 0.850. The van der Waals surface area contributed by atoms with Gasteiger partial charge in [0.05, 0.1) is 11.4 Å². The Kier molecular flexibility index (Phi) is 3.26. The summed E-state index contributed by atoms with van der Waals surface area (Å²) in [5.74, 6) is 0. The summed E-state index contributed by atoms with van der Waals surface area (Å²) in [5, 5.41) is 3.25. The zero-order valence-corrected chi connectivity index (χ0v) is 12.5. The van der Waals surface area contributed by atoms with E-state index in [1.807, 2.05) is 56.3 Å². The summed E-state index contributed by atoms with van der Waals surface area (Å²) in [7, 11) is 0. The van der Waals surface area contributed by atoms with E-state index >= 15 is 0 Å². The molecule has 1 heterocycles. The molecule has 2 aromatic carbocycles. The minimum absolute atomic E-state index is 0.00268. The summed E-state index contributed by atoms with van der Waals surface area (Å²) in [4.78, 5) is 12.5. The molecule has 0 bridgehead atoms. The molecular weight excluding hydrogens is 260 g/mol. The number of hydrogen-bond acceptors (Lipinski definition) is 1. The highest BCUT2D eigenvalue weighted by molar-refractivity contribution is 5.66. The lowest BCUT2D eigenvalue weighted by atomic mass is 10.0. The molecule has 1 N–H and O–H groups in total. The van der Waals surface area contributed by atoms with Crippen LogP contribution in [-0.4, -0.2) is 9.78 Å². The third kappa shape index (κ3) is 2.31. The highest BCUT2D eigenvalue weighted by atomic mass is 16.1. The van der Waals surface area contributed by atoms with E-state index in [-0.39, 0.29) is 5.56 Å². The average molecular weight is 278 g/mol. The van der Waals surface area contributed by atoms with E-state index in [4.69, 9.17) is 0 Å². The maximum Gasteiger partial charge on any atom is 0.274 e. The van der Waals surface area contributed by atoms with Crippen molar-refractivity contribution in [1.29, 1.82) is 0 Å². The highest BCUT2D eigenvalue weighted by Crippen LogP contribution is 2.23. The molecule has 0 spiro atoms. The molecule has 0 aliphatic rings. The van der Waals surface area contributed by atoms with Gasteiger partial charge in [-0.3, -0.25) is 9.89 Å². The van der Waals surface area contributed by atoms with Crippen molar-refractivity contribution in [2.75, 3.05) is 0 Å². The molecule has 0 fully saturated rings. The molecule has 106 valence electrons. The van der Waals surface area contributed by atoms with Crippen molar-refractivity contribution in [3.8, 4) is 16.9 Å². The fourth-order valence-electron chi connectivity index (χ4n) is 2.51. The minimum atomic E-state index is -0.00268. The topological polar surface area (TPSA) is 37.8 Å². The largest absolute Gasteiger partial charge is 0.290 e. The molecule has 3 nitrogen and oxygen atoms in total. The molecule has 0 saturated carbocycles. The van der Waals surface area contributed by atoms with Crippen molar-refractivity contribution in [2.45, 2.75) is 20.8 Å². The molecule has 21 heavy (non-hydrogen) atoms. The number of H-pyrrole nitrogens is 1. The van der Waals surface area contributed by atoms with Crippen molar-refractivity contribution >= 4 is 0 Å². The van der Waals surface area contributed by atoms with Crippen LogP contribution in [0.4, 0.5) is 0 Å². The first kappa shape index (κ1) is 13.4.